The van der Waals surface area contributed by atoms with E-state index in [0.29, 0.717) is 47.1 Å². The van der Waals surface area contributed by atoms with E-state index in [1.807, 2.05) is 0 Å². The summed E-state index contributed by atoms with van der Waals surface area (Å²) in [5, 5.41) is 24.7. The number of benzene rings is 2. The quantitative estimate of drug-likeness (QED) is 0.112. The number of amides is 1. The maximum Gasteiger partial charge on any atom is 0.263 e. The van der Waals surface area contributed by atoms with E-state index in [-0.39, 0.29) is 42.0 Å². The molecule has 3 rings (SSSR count). The number of aromatic nitrogens is 3. The van der Waals surface area contributed by atoms with Crippen molar-refractivity contribution in [2.24, 2.45) is 5.10 Å². The first-order valence-corrected chi connectivity index (χ1v) is 11.7. The number of ether oxygens (including phenoxy) is 3. The fourth-order valence-electron chi connectivity index (χ4n) is 3.47. The first-order valence-electron chi connectivity index (χ1n) is 11.7. The molecule has 0 atom stereocenters. The van der Waals surface area contributed by atoms with Crippen LogP contribution in [0.2, 0.25) is 0 Å². The van der Waals surface area contributed by atoms with Gasteiger partial charge in [-0.1, -0.05) is 0 Å². The molecule has 0 saturated heterocycles. The molecule has 0 aliphatic rings. The molecule has 0 bridgehead atoms. The lowest BCUT2D eigenvalue weighted by Crippen LogP contribution is -2.16. The Balaban J connectivity index is 1.69. The predicted octanol–water partition coefficient (Wildman–Crippen LogP) is 2.88. The molecule has 1 amide bonds. The monoisotopic (exact) mass is 525 g/mol. The molecule has 5 N–H and O–H groups in total. The zero-order valence-electron chi connectivity index (χ0n) is 21.6. The van der Waals surface area contributed by atoms with Crippen LogP contribution >= 0.6 is 0 Å². The summed E-state index contributed by atoms with van der Waals surface area (Å²) in [6.45, 7) is 1.68. The van der Waals surface area contributed by atoms with Crippen molar-refractivity contribution in [3.63, 3.8) is 0 Å². The zero-order valence-corrected chi connectivity index (χ0v) is 21.6. The van der Waals surface area contributed by atoms with Crippen LogP contribution in [0, 0.1) is 6.92 Å². The number of Topliss-reactive ketones (excluding diaryl/α,β-unsaturated/α-hetero) is 1. The van der Waals surface area contributed by atoms with E-state index in [1.54, 1.807) is 25.1 Å². The third-order valence-electron chi connectivity index (χ3n) is 5.60. The number of hydrazone groups is 1. The SMILES string of the molecule is COc1ccc(OC)c(NC(=O)CCC/C(CC(=O)c2ccc(O)c(OC)c2)=N\Nc2nnc(C)n2N)c1. The average Bonchev–Trinajstić information content (AvgIpc) is 3.24. The highest BCUT2D eigenvalue weighted by molar-refractivity contribution is 6.10. The van der Waals surface area contributed by atoms with Crippen molar-refractivity contribution in [2.45, 2.75) is 32.6 Å². The van der Waals surface area contributed by atoms with E-state index in [2.05, 4.69) is 26.0 Å². The summed E-state index contributed by atoms with van der Waals surface area (Å²) < 4.78 is 16.8. The van der Waals surface area contributed by atoms with E-state index in [4.69, 9.17) is 20.1 Å². The summed E-state index contributed by atoms with van der Waals surface area (Å²) in [5.74, 6) is 7.24. The molecule has 0 saturated carbocycles. The normalized spacial score (nSPS) is 11.1. The van der Waals surface area contributed by atoms with Gasteiger partial charge in [-0.2, -0.15) is 5.10 Å². The number of anilines is 2. The zero-order chi connectivity index (χ0) is 27.7. The van der Waals surface area contributed by atoms with Crippen LogP contribution in [0.3, 0.4) is 0 Å². The highest BCUT2D eigenvalue weighted by Gasteiger charge is 2.15. The van der Waals surface area contributed by atoms with Gasteiger partial charge < -0.3 is 30.5 Å². The highest BCUT2D eigenvalue weighted by Crippen LogP contribution is 2.29. The Morgan fingerprint density at radius 2 is 1.79 bits per heavy atom. The van der Waals surface area contributed by atoms with E-state index in [0.717, 1.165) is 0 Å². The van der Waals surface area contributed by atoms with Crippen molar-refractivity contribution in [3.8, 4) is 23.0 Å². The number of carbonyl (C=O) groups excluding carboxylic acids is 2. The van der Waals surface area contributed by atoms with Crippen LogP contribution in [0.4, 0.5) is 11.6 Å². The fraction of sp³-hybridized carbons (Fsp3) is 0.320. The Labute approximate surface area is 219 Å². The second-order valence-electron chi connectivity index (χ2n) is 8.19. The van der Waals surface area contributed by atoms with Gasteiger partial charge in [0.25, 0.3) is 5.95 Å². The van der Waals surface area contributed by atoms with Crippen LogP contribution in [0.25, 0.3) is 0 Å². The minimum atomic E-state index is -0.250. The summed E-state index contributed by atoms with van der Waals surface area (Å²) in [4.78, 5) is 25.6. The van der Waals surface area contributed by atoms with Crippen molar-refractivity contribution < 1.29 is 28.9 Å². The Bertz CT molecular complexity index is 1320. The third kappa shape index (κ3) is 7.12. The minimum absolute atomic E-state index is 0.0516. The third-order valence-corrected chi connectivity index (χ3v) is 5.60. The number of nitrogen functional groups attached to an aromatic ring is 1. The van der Waals surface area contributed by atoms with Crippen LogP contribution in [0.1, 0.15) is 41.9 Å². The molecule has 0 unspecified atom stereocenters. The van der Waals surface area contributed by atoms with Gasteiger partial charge in [-0.05, 0) is 50.1 Å². The van der Waals surface area contributed by atoms with Crippen LogP contribution in [-0.4, -0.2) is 58.7 Å². The van der Waals surface area contributed by atoms with Gasteiger partial charge in [0.05, 0.1) is 33.4 Å². The number of aryl methyl sites for hydroxylation is 1. The van der Waals surface area contributed by atoms with Gasteiger partial charge in [-0.15, -0.1) is 10.2 Å². The molecule has 1 heterocycles. The topological polar surface area (TPSA) is 175 Å². The Hall–Kier alpha value is -4.81. The van der Waals surface area contributed by atoms with Gasteiger partial charge in [0, 0.05) is 23.8 Å². The Morgan fingerprint density at radius 1 is 1.03 bits per heavy atom. The number of aromatic hydroxyl groups is 1. The number of rotatable bonds is 13. The van der Waals surface area contributed by atoms with Crippen molar-refractivity contribution >= 4 is 29.0 Å². The molecule has 0 spiro atoms. The maximum absolute atomic E-state index is 13.0. The lowest BCUT2D eigenvalue weighted by atomic mass is 10.0. The minimum Gasteiger partial charge on any atom is -0.504 e. The van der Waals surface area contributed by atoms with Gasteiger partial charge in [0.2, 0.25) is 5.91 Å². The molecule has 0 aliphatic carbocycles. The van der Waals surface area contributed by atoms with Crippen LogP contribution in [0.15, 0.2) is 41.5 Å². The number of hydrogen-bond acceptors (Lipinski definition) is 11. The van der Waals surface area contributed by atoms with E-state index in [1.165, 1.54) is 44.2 Å². The molecule has 202 valence electrons. The standard InChI is InChI=1S/C25H31N7O6/c1-15-28-30-25(32(15)26)31-29-17(13-21(34)16-8-10-20(33)23(12-16)38-4)6-5-7-24(35)27-19-14-18(36-2)9-11-22(19)37-3/h8-12,14,33H,5-7,13,26H2,1-4H3,(H,27,35)(H,30,31)/b29-17+. The fourth-order valence-corrected chi connectivity index (χ4v) is 3.47. The maximum atomic E-state index is 13.0. The van der Waals surface area contributed by atoms with Gasteiger partial charge in [0.1, 0.15) is 11.5 Å². The second-order valence-corrected chi connectivity index (χ2v) is 8.19. The lowest BCUT2D eigenvalue weighted by Gasteiger charge is -2.12. The molecular weight excluding hydrogens is 494 g/mol. The summed E-state index contributed by atoms with van der Waals surface area (Å²) in [6, 6.07) is 9.44. The number of ketones is 1. The molecule has 38 heavy (non-hydrogen) atoms. The molecule has 2 aromatic carbocycles. The van der Waals surface area contributed by atoms with Gasteiger partial charge >= 0.3 is 0 Å². The number of phenols is 1. The molecule has 0 fully saturated rings. The number of nitrogens with one attached hydrogen (secondary N) is 2. The largest absolute Gasteiger partial charge is 0.504 e. The second kappa shape index (κ2) is 12.9. The molecule has 0 aliphatic heterocycles. The molecule has 13 heteroatoms. The number of nitrogens with two attached hydrogens (primary N) is 1. The van der Waals surface area contributed by atoms with Crippen molar-refractivity contribution in [2.75, 3.05) is 37.9 Å². The molecule has 1 aromatic heterocycles. The number of hydrogen-bond donors (Lipinski definition) is 4. The van der Waals surface area contributed by atoms with Gasteiger partial charge in [-0.3, -0.25) is 9.59 Å². The number of carbonyl (C=O) groups is 2. The van der Waals surface area contributed by atoms with E-state index >= 15 is 0 Å². The Morgan fingerprint density at radius 3 is 2.45 bits per heavy atom. The van der Waals surface area contributed by atoms with Crippen molar-refractivity contribution in [1.82, 2.24) is 14.9 Å². The van der Waals surface area contributed by atoms with Crippen LogP contribution in [-0.2, 0) is 4.79 Å². The highest BCUT2D eigenvalue weighted by atomic mass is 16.5. The average molecular weight is 526 g/mol. The smallest absolute Gasteiger partial charge is 0.263 e. The molecule has 0 radical (unpaired) electrons. The van der Waals surface area contributed by atoms with Gasteiger partial charge in [-0.25, -0.2) is 10.1 Å². The number of nitrogens with zero attached hydrogens (tertiary/aromatic N) is 4. The summed E-state index contributed by atoms with van der Waals surface area (Å²) in [5.41, 5.74) is 4.03. The van der Waals surface area contributed by atoms with Crippen molar-refractivity contribution in [1.29, 1.82) is 0 Å². The van der Waals surface area contributed by atoms with E-state index < -0.39 is 0 Å². The number of phenolic OH excluding ortho intramolecular Hbond substituents is 1. The van der Waals surface area contributed by atoms with Gasteiger partial charge in [0.15, 0.2) is 23.1 Å². The van der Waals surface area contributed by atoms with Crippen LogP contribution in [0.5, 0.6) is 23.0 Å². The molecular formula is C25H31N7O6. The predicted molar refractivity (Wildman–Crippen MR) is 142 cm³/mol. The lowest BCUT2D eigenvalue weighted by molar-refractivity contribution is -0.116. The summed E-state index contributed by atoms with van der Waals surface area (Å²) in [6.07, 6.45) is 0.838. The summed E-state index contributed by atoms with van der Waals surface area (Å²) >= 11 is 0. The molecule has 13 nitrogen and oxygen atoms in total. The van der Waals surface area contributed by atoms with Crippen LogP contribution < -0.4 is 30.8 Å². The Kier molecular flexibility index (Phi) is 9.46. The van der Waals surface area contributed by atoms with E-state index in [9.17, 15) is 14.7 Å². The number of methoxy groups -OCH3 is 3. The first-order chi connectivity index (χ1) is 18.2. The first kappa shape index (κ1) is 27.8. The van der Waals surface area contributed by atoms with Crippen molar-refractivity contribution in [3.05, 3.63) is 47.8 Å². The molecule has 3 aromatic rings. The summed E-state index contributed by atoms with van der Waals surface area (Å²) in [7, 11) is 4.45.